The Hall–Kier alpha value is -4.34. The Labute approximate surface area is 263 Å². The molecule has 3 aliphatic rings. The number of nitrogens with one attached hydrogen (secondary N) is 1. The maximum atomic E-state index is 11.2. The zero-order valence-corrected chi connectivity index (χ0v) is 25.6. The molecule has 3 aromatic carbocycles. The normalized spacial score (nSPS) is 20.1. The van der Waals surface area contributed by atoms with Crippen molar-refractivity contribution in [3.05, 3.63) is 83.6 Å². The predicted molar refractivity (Wildman–Crippen MR) is 171 cm³/mol. The summed E-state index contributed by atoms with van der Waals surface area (Å²) in [7, 11) is 1.68. The molecule has 1 saturated carbocycles. The fourth-order valence-corrected chi connectivity index (χ4v) is 6.10. The van der Waals surface area contributed by atoms with Gasteiger partial charge in [-0.1, -0.05) is 6.07 Å². The molecule has 45 heavy (non-hydrogen) atoms. The number of methoxy groups -OCH3 is 1. The van der Waals surface area contributed by atoms with Gasteiger partial charge in [0.2, 0.25) is 0 Å². The first-order chi connectivity index (χ1) is 22.0. The first kappa shape index (κ1) is 30.7. The molecule has 1 aromatic heterocycles. The summed E-state index contributed by atoms with van der Waals surface area (Å²) in [4.78, 5) is 14.9. The van der Waals surface area contributed by atoms with E-state index in [9.17, 15) is 9.90 Å². The fraction of sp³-hybridized carbons (Fsp3) is 0.389. The van der Waals surface area contributed by atoms with Crippen molar-refractivity contribution in [3.63, 3.8) is 0 Å². The number of hydrogen-bond acceptors (Lipinski definition) is 9. The maximum absolute atomic E-state index is 11.2. The lowest BCUT2D eigenvalue weighted by Crippen LogP contribution is -2.41. The van der Waals surface area contributed by atoms with Gasteiger partial charge < -0.3 is 34.1 Å². The SMILES string of the molecule is COc1ccc2nccc(CC[C@]3(O)CC[C@@H](NCc4ccc5c(c4)OCCO5)CC3)c2c1.O=Cc1ccc2c(c1)OCCO2. The summed E-state index contributed by atoms with van der Waals surface area (Å²) in [6, 6.07) is 19.7. The van der Waals surface area contributed by atoms with Crippen LogP contribution in [0.3, 0.4) is 0 Å². The van der Waals surface area contributed by atoms with Crippen molar-refractivity contribution in [1.29, 1.82) is 0 Å². The Morgan fingerprint density at radius 1 is 0.889 bits per heavy atom. The van der Waals surface area contributed by atoms with Crippen LogP contribution in [-0.4, -0.2) is 61.6 Å². The first-order valence-electron chi connectivity index (χ1n) is 15.6. The van der Waals surface area contributed by atoms with E-state index in [-0.39, 0.29) is 0 Å². The third kappa shape index (κ3) is 7.67. The average Bonchev–Trinajstić information content (AvgIpc) is 3.10. The number of carbonyl (C=O) groups excluding carboxylic acids is 1. The van der Waals surface area contributed by atoms with Crippen molar-refractivity contribution in [1.82, 2.24) is 10.3 Å². The van der Waals surface area contributed by atoms with E-state index < -0.39 is 5.60 Å². The number of benzene rings is 3. The van der Waals surface area contributed by atoms with E-state index in [0.29, 0.717) is 49.5 Å². The summed E-state index contributed by atoms with van der Waals surface area (Å²) in [5, 5.41) is 16.0. The number of pyridine rings is 1. The van der Waals surface area contributed by atoms with Crippen LogP contribution in [0.1, 0.15) is 53.6 Å². The first-order valence-corrected chi connectivity index (χ1v) is 15.6. The highest BCUT2D eigenvalue weighted by Gasteiger charge is 2.33. The van der Waals surface area contributed by atoms with Crippen LogP contribution in [0.2, 0.25) is 0 Å². The van der Waals surface area contributed by atoms with E-state index in [1.165, 1.54) is 11.1 Å². The number of fused-ring (bicyclic) bond motifs is 3. The Bertz CT molecular complexity index is 1620. The van der Waals surface area contributed by atoms with Gasteiger partial charge in [-0.15, -0.1) is 0 Å². The Morgan fingerprint density at radius 2 is 1.58 bits per heavy atom. The predicted octanol–water partition coefficient (Wildman–Crippen LogP) is 5.68. The third-order valence-corrected chi connectivity index (χ3v) is 8.72. The van der Waals surface area contributed by atoms with Crippen molar-refractivity contribution in [2.24, 2.45) is 0 Å². The molecule has 0 atom stereocenters. The molecule has 236 valence electrons. The van der Waals surface area contributed by atoms with E-state index in [1.54, 1.807) is 25.3 Å². The summed E-state index contributed by atoms with van der Waals surface area (Å²) < 4.78 is 27.2. The van der Waals surface area contributed by atoms with Gasteiger partial charge in [0, 0.05) is 29.7 Å². The zero-order chi connectivity index (χ0) is 31.1. The zero-order valence-electron chi connectivity index (χ0n) is 25.6. The van der Waals surface area contributed by atoms with Crippen molar-refractivity contribution in [2.75, 3.05) is 33.5 Å². The molecule has 0 radical (unpaired) electrons. The highest BCUT2D eigenvalue weighted by Crippen LogP contribution is 2.35. The Morgan fingerprint density at radius 3 is 2.29 bits per heavy atom. The third-order valence-electron chi connectivity index (χ3n) is 8.72. The number of carbonyl (C=O) groups is 1. The number of aliphatic hydroxyl groups is 1. The average molecular weight is 613 g/mol. The molecule has 4 aromatic rings. The molecule has 7 rings (SSSR count). The number of aldehydes is 1. The van der Waals surface area contributed by atoms with Crippen molar-refractivity contribution >= 4 is 17.2 Å². The van der Waals surface area contributed by atoms with E-state index in [2.05, 4.69) is 28.5 Å². The largest absolute Gasteiger partial charge is 0.497 e. The van der Waals surface area contributed by atoms with Crippen molar-refractivity contribution in [3.8, 4) is 28.7 Å². The molecular weight excluding hydrogens is 572 g/mol. The highest BCUT2D eigenvalue weighted by molar-refractivity contribution is 5.83. The van der Waals surface area contributed by atoms with Crippen LogP contribution in [-0.2, 0) is 13.0 Å². The molecule has 3 heterocycles. The quantitative estimate of drug-likeness (QED) is 0.243. The van der Waals surface area contributed by atoms with Gasteiger partial charge in [-0.2, -0.15) is 0 Å². The fourth-order valence-electron chi connectivity index (χ4n) is 6.10. The number of nitrogens with zero attached hydrogens (tertiary/aromatic N) is 1. The highest BCUT2D eigenvalue weighted by atomic mass is 16.6. The van der Waals surface area contributed by atoms with Crippen LogP contribution in [0.4, 0.5) is 0 Å². The van der Waals surface area contributed by atoms with Gasteiger partial charge in [0.05, 0.1) is 18.2 Å². The summed E-state index contributed by atoms with van der Waals surface area (Å²) in [5.41, 5.74) is 3.38. The van der Waals surface area contributed by atoms with Gasteiger partial charge in [0.1, 0.15) is 38.5 Å². The van der Waals surface area contributed by atoms with Crippen LogP contribution in [0.25, 0.3) is 10.9 Å². The van der Waals surface area contributed by atoms with Gasteiger partial charge in [0.15, 0.2) is 23.0 Å². The second kappa shape index (κ2) is 14.2. The lowest BCUT2D eigenvalue weighted by molar-refractivity contribution is -0.0107. The summed E-state index contributed by atoms with van der Waals surface area (Å²) in [5.74, 6) is 3.87. The molecule has 0 spiro atoms. The van der Waals surface area contributed by atoms with Gasteiger partial charge >= 0.3 is 0 Å². The Kier molecular flexibility index (Phi) is 9.66. The minimum atomic E-state index is -0.608. The molecule has 1 aliphatic carbocycles. The molecule has 0 unspecified atom stereocenters. The monoisotopic (exact) mass is 612 g/mol. The number of rotatable bonds is 8. The molecule has 2 N–H and O–H groups in total. The second-order valence-electron chi connectivity index (χ2n) is 11.7. The lowest BCUT2D eigenvalue weighted by Gasteiger charge is -2.36. The molecular formula is C36H40N2O7. The van der Waals surface area contributed by atoms with Gasteiger partial charge in [-0.05, 0) is 104 Å². The minimum Gasteiger partial charge on any atom is -0.497 e. The number of aryl methyl sites for hydroxylation is 1. The Balaban J connectivity index is 0.000000248. The van der Waals surface area contributed by atoms with E-state index in [0.717, 1.165) is 79.5 Å². The molecule has 0 amide bonds. The van der Waals surface area contributed by atoms with E-state index in [1.807, 2.05) is 30.5 Å². The molecule has 0 bridgehead atoms. The number of hydrogen-bond donors (Lipinski definition) is 2. The standard InChI is InChI=1S/C27H32N2O4.C9H8O3/c1-31-22-3-4-24-23(17-22)20(9-13-28-24)6-10-27(30)11-7-21(8-12-27)29-18-19-2-5-25-26(16-19)33-15-14-32-25;10-6-7-1-2-8-9(5-7)12-4-3-11-8/h2-5,9,13,16-17,21,29-30H,6-8,10-12,14-15,18H2,1H3;1-2,5-6H,3-4H2/t21-,27+;. The van der Waals surface area contributed by atoms with Crippen LogP contribution in [0, 0.1) is 0 Å². The summed E-state index contributed by atoms with van der Waals surface area (Å²) in [6.07, 6.45) is 7.83. The maximum Gasteiger partial charge on any atom is 0.162 e. The van der Waals surface area contributed by atoms with Gasteiger partial charge in [0.25, 0.3) is 0 Å². The van der Waals surface area contributed by atoms with Gasteiger partial charge in [-0.3, -0.25) is 9.78 Å². The van der Waals surface area contributed by atoms with Crippen LogP contribution >= 0.6 is 0 Å². The summed E-state index contributed by atoms with van der Waals surface area (Å²) in [6.45, 7) is 3.14. The molecule has 2 aliphatic heterocycles. The topological polar surface area (TPSA) is 108 Å². The van der Waals surface area contributed by atoms with Gasteiger partial charge in [-0.25, -0.2) is 0 Å². The van der Waals surface area contributed by atoms with Crippen LogP contribution in [0.5, 0.6) is 28.7 Å². The van der Waals surface area contributed by atoms with Crippen LogP contribution in [0.15, 0.2) is 66.9 Å². The molecule has 9 heteroatoms. The summed E-state index contributed by atoms with van der Waals surface area (Å²) >= 11 is 0. The second-order valence-corrected chi connectivity index (χ2v) is 11.7. The number of aromatic nitrogens is 1. The molecule has 0 saturated heterocycles. The molecule has 1 fully saturated rings. The minimum absolute atomic E-state index is 0.421. The smallest absolute Gasteiger partial charge is 0.162 e. The van der Waals surface area contributed by atoms with E-state index >= 15 is 0 Å². The number of ether oxygens (including phenoxy) is 5. The molecule has 9 nitrogen and oxygen atoms in total. The lowest BCUT2D eigenvalue weighted by atomic mass is 9.78. The van der Waals surface area contributed by atoms with Crippen LogP contribution < -0.4 is 29.0 Å². The van der Waals surface area contributed by atoms with Crippen molar-refractivity contribution in [2.45, 2.75) is 56.7 Å². The van der Waals surface area contributed by atoms with E-state index in [4.69, 9.17) is 23.7 Å². The van der Waals surface area contributed by atoms with Crippen molar-refractivity contribution < 1.29 is 33.6 Å².